The summed E-state index contributed by atoms with van der Waals surface area (Å²) in [5.74, 6) is 0.0311. The molecule has 0 bridgehead atoms. The Bertz CT molecular complexity index is 2510. The molecule has 0 saturated carbocycles. The van der Waals surface area contributed by atoms with Crippen molar-refractivity contribution in [2.75, 3.05) is 84.1 Å². The number of carbonyl (C=O) groups is 1. The van der Waals surface area contributed by atoms with Gasteiger partial charge in [-0.15, -0.1) is 0 Å². The van der Waals surface area contributed by atoms with Crippen LogP contribution < -0.4 is 11.5 Å². The Morgan fingerprint density at radius 2 is 1.05 bits per heavy atom. The SMILES string of the molecule is CN(C)/C=C1/CN(S(C)(=O)=O)CCC1=O.CS(=O)(=O)c1ncc2c(n1)CCN(S(C)(=O)=O)C2.CSC(=N)N.CSC(=N)N.CSc1ncc2c(n1)CCN(S(C)(=O)=O)C2.O=S(=O)(O)O. The van der Waals surface area contributed by atoms with Crippen LogP contribution in [0.5, 0.6) is 0 Å². The van der Waals surface area contributed by atoms with E-state index in [1.807, 2.05) is 6.26 Å². The van der Waals surface area contributed by atoms with Gasteiger partial charge in [-0.2, -0.15) is 21.3 Å². The average molecular weight is 1060 g/mol. The van der Waals surface area contributed by atoms with Crippen molar-refractivity contribution >= 4 is 102 Å². The summed E-state index contributed by atoms with van der Waals surface area (Å²) < 4.78 is 127. The van der Waals surface area contributed by atoms with Crippen molar-refractivity contribution in [3.63, 3.8) is 0 Å². The van der Waals surface area contributed by atoms with Crippen LogP contribution in [0.15, 0.2) is 34.5 Å². The van der Waals surface area contributed by atoms with Crippen molar-refractivity contribution in [3.05, 3.63) is 46.7 Å². The van der Waals surface area contributed by atoms with Gasteiger partial charge in [0.15, 0.2) is 21.3 Å². The molecule has 1 saturated heterocycles. The van der Waals surface area contributed by atoms with E-state index in [4.69, 9.17) is 39.8 Å². The van der Waals surface area contributed by atoms with E-state index in [1.165, 1.54) is 60.7 Å². The smallest absolute Gasteiger partial charge is 0.383 e. The second-order valence-corrected chi connectivity index (χ2v) is 24.6. The summed E-state index contributed by atoms with van der Waals surface area (Å²) in [4.78, 5) is 29.5. The van der Waals surface area contributed by atoms with Gasteiger partial charge in [-0.25, -0.2) is 53.6 Å². The van der Waals surface area contributed by atoms with E-state index >= 15 is 0 Å². The molecule has 0 amide bonds. The van der Waals surface area contributed by atoms with Gasteiger partial charge in [0, 0.05) is 114 Å². The minimum atomic E-state index is -4.67. The number of thioether (sulfide) groups is 3. The fraction of sp³-hybridized carbons (Fsp3) is 0.581. The first kappa shape index (κ1) is 60.9. The van der Waals surface area contributed by atoms with Crippen molar-refractivity contribution in [2.45, 2.75) is 42.7 Å². The highest BCUT2D eigenvalue weighted by molar-refractivity contribution is 8.13. The third kappa shape index (κ3) is 25.6. The molecule has 3 aliphatic heterocycles. The van der Waals surface area contributed by atoms with E-state index in [0.29, 0.717) is 55.9 Å². The summed E-state index contributed by atoms with van der Waals surface area (Å²) in [5.41, 5.74) is 13.4. The fourth-order valence-electron chi connectivity index (χ4n) is 4.84. The molecule has 0 spiro atoms. The van der Waals surface area contributed by atoms with E-state index in [-0.39, 0.29) is 40.8 Å². The number of hydrogen-bond acceptors (Lipinski definition) is 21. The monoisotopic (exact) mass is 1060 g/mol. The van der Waals surface area contributed by atoms with Crippen LogP contribution in [0.4, 0.5) is 0 Å². The van der Waals surface area contributed by atoms with E-state index in [1.54, 1.807) is 43.9 Å². The molecule has 64 heavy (non-hydrogen) atoms. The first-order chi connectivity index (χ1) is 29.0. The van der Waals surface area contributed by atoms with E-state index in [9.17, 15) is 38.5 Å². The number of nitrogens with zero attached hydrogens (tertiary/aromatic N) is 8. The maximum absolute atomic E-state index is 11.5. The number of piperidine rings is 1. The number of rotatable bonds is 6. The summed E-state index contributed by atoms with van der Waals surface area (Å²) >= 11 is 3.98. The first-order valence-corrected chi connectivity index (χ1v) is 30.2. The van der Waals surface area contributed by atoms with Crippen LogP contribution >= 0.6 is 35.3 Å². The highest BCUT2D eigenvalue weighted by atomic mass is 32.3. The van der Waals surface area contributed by atoms with Crippen LogP contribution in [0.1, 0.15) is 28.9 Å². The standard InChI is InChI=1S/C9H13N3O4S2.C9H13N3O2S2.C9H16N2O3S.2C2H6N2S.H2O4S/c1-17(13,14)9-10-5-7-6-12(18(2,15)16)4-3-8(7)11-9;1-15-9-10-5-7-6-12(16(2,13)14)4-3-8(7)11-9;1-10(2)6-8-7-11(15(3,13)14)5-4-9(8)12;2*1-5-2(3)4;1-5(2,3)4/h5H,3-4,6H2,1-2H3;5H,3-4,6H2,1-2H3;6H,4-5,7H2,1-3H3;2*1H3,(H3,3,4);(H2,1,2,3,4)/b;;8-6-;;;. The molecule has 0 aliphatic carbocycles. The number of fused-ring (bicyclic) bond motifs is 2. The van der Waals surface area contributed by atoms with Crippen molar-refractivity contribution in [1.82, 2.24) is 37.8 Å². The van der Waals surface area contributed by atoms with Crippen LogP contribution in [-0.2, 0) is 81.0 Å². The van der Waals surface area contributed by atoms with Crippen LogP contribution in [-0.4, -0.2) is 189 Å². The van der Waals surface area contributed by atoms with Crippen molar-refractivity contribution in [2.24, 2.45) is 11.5 Å². The molecule has 366 valence electrons. The van der Waals surface area contributed by atoms with Gasteiger partial charge in [0.05, 0.1) is 30.2 Å². The molecule has 2 aromatic rings. The lowest BCUT2D eigenvalue weighted by Gasteiger charge is -2.26. The lowest BCUT2D eigenvalue weighted by Crippen LogP contribution is -2.39. The third-order valence-electron chi connectivity index (χ3n) is 7.82. The number of carbonyl (C=O) groups excluding carboxylic acids is 1. The number of sulfonamides is 3. The van der Waals surface area contributed by atoms with Gasteiger partial charge in [-0.05, 0) is 18.8 Å². The van der Waals surface area contributed by atoms with Crippen molar-refractivity contribution in [1.29, 1.82) is 10.8 Å². The first-order valence-electron chi connectivity index (χ1n) is 17.7. The summed E-state index contributed by atoms with van der Waals surface area (Å²) in [6, 6.07) is 0. The molecular weight excluding hydrogens is 1000 g/mol. The number of ketones is 1. The Labute approximate surface area is 388 Å². The van der Waals surface area contributed by atoms with Gasteiger partial charge >= 0.3 is 10.4 Å². The number of nitrogens with one attached hydrogen (secondary N) is 2. The average Bonchev–Trinajstić information content (AvgIpc) is 3.16. The van der Waals surface area contributed by atoms with Crippen molar-refractivity contribution < 1.29 is 56.0 Å². The molecule has 8 N–H and O–H groups in total. The number of Topliss-reactive ketones (excluding diaryl/α,β-unsaturated/α-hetero) is 1. The summed E-state index contributed by atoms with van der Waals surface area (Å²) in [6.07, 6.45) is 16.2. The number of nitrogens with two attached hydrogens (primary N) is 2. The van der Waals surface area contributed by atoms with Crippen molar-refractivity contribution in [3.8, 4) is 0 Å². The van der Waals surface area contributed by atoms with Crippen LogP contribution in [0.25, 0.3) is 0 Å². The Morgan fingerprint density at radius 1 is 0.688 bits per heavy atom. The third-order valence-corrected chi connectivity index (χ3v) is 13.9. The quantitative estimate of drug-likeness (QED) is 0.0516. The number of aromatic nitrogens is 4. The van der Waals surface area contributed by atoms with E-state index < -0.39 is 50.3 Å². The highest BCUT2D eigenvalue weighted by Crippen LogP contribution is 2.21. The number of sulfone groups is 1. The molecular formula is C31H56N12O13S8. The zero-order valence-electron chi connectivity index (χ0n) is 36.5. The number of amidine groups is 2. The molecule has 3 aliphatic rings. The minimum absolute atomic E-state index is 0.0311. The zero-order chi connectivity index (χ0) is 50.0. The predicted molar refractivity (Wildman–Crippen MR) is 250 cm³/mol. The molecule has 0 radical (unpaired) electrons. The van der Waals surface area contributed by atoms with E-state index in [0.717, 1.165) is 35.2 Å². The molecule has 1 fully saturated rings. The lowest BCUT2D eigenvalue weighted by atomic mass is 10.1. The fourth-order valence-corrected chi connectivity index (χ4v) is 8.11. The van der Waals surface area contributed by atoms with Crippen LogP contribution in [0, 0.1) is 10.8 Å². The molecule has 0 aromatic carbocycles. The Balaban J connectivity index is 0.000000804. The van der Waals surface area contributed by atoms with Gasteiger partial charge < -0.3 is 16.4 Å². The van der Waals surface area contributed by atoms with Crippen LogP contribution in [0.3, 0.4) is 0 Å². The molecule has 5 heterocycles. The molecule has 2 aromatic heterocycles. The minimum Gasteiger partial charge on any atom is -0.383 e. The topological polar surface area (TPSA) is 392 Å². The Kier molecular flexibility index (Phi) is 25.6. The lowest BCUT2D eigenvalue weighted by molar-refractivity contribution is -0.116. The summed E-state index contributed by atoms with van der Waals surface area (Å²) in [7, 11) is -14.0. The summed E-state index contributed by atoms with van der Waals surface area (Å²) in [6.45, 7) is 1.89. The van der Waals surface area contributed by atoms with E-state index in [2.05, 4.69) is 19.9 Å². The molecule has 5 rings (SSSR count). The van der Waals surface area contributed by atoms with Gasteiger partial charge in [0.1, 0.15) is 0 Å². The second kappa shape index (κ2) is 26.9. The molecule has 0 unspecified atom stereocenters. The van der Waals surface area contributed by atoms with Gasteiger partial charge in [0.2, 0.25) is 45.1 Å². The normalized spacial score (nSPS) is 16.4. The zero-order valence-corrected chi connectivity index (χ0v) is 43.0. The largest absolute Gasteiger partial charge is 0.394 e. The molecule has 0 atom stereocenters. The number of hydrogen-bond donors (Lipinski definition) is 6. The Morgan fingerprint density at radius 3 is 1.39 bits per heavy atom. The van der Waals surface area contributed by atoms with Gasteiger partial charge in [-0.3, -0.25) is 24.7 Å². The van der Waals surface area contributed by atoms with Crippen LogP contribution in [0.2, 0.25) is 0 Å². The van der Waals surface area contributed by atoms with Gasteiger partial charge in [-0.1, -0.05) is 35.3 Å². The maximum Gasteiger partial charge on any atom is 0.394 e. The maximum atomic E-state index is 11.5. The molecule has 25 nitrogen and oxygen atoms in total. The predicted octanol–water partition coefficient (Wildman–Crippen LogP) is -0.787. The summed E-state index contributed by atoms with van der Waals surface area (Å²) in [5, 5.41) is 13.8. The Hall–Kier alpha value is -3.09. The van der Waals surface area contributed by atoms with Gasteiger partial charge in [0.25, 0.3) is 0 Å². The second-order valence-electron chi connectivity index (χ2n) is 13.4. The highest BCUT2D eigenvalue weighted by Gasteiger charge is 2.28. The molecule has 33 heteroatoms.